The number of anilines is 2. The van der Waals surface area contributed by atoms with Crippen LogP contribution in [0.2, 0.25) is 0 Å². The van der Waals surface area contributed by atoms with Crippen molar-refractivity contribution in [1.82, 2.24) is 9.55 Å². The molecule has 2 N–H and O–H groups in total. The maximum absolute atomic E-state index is 12.9. The number of carbonyl (C=O) groups excluding carboxylic acids is 2. The highest BCUT2D eigenvalue weighted by atomic mass is 32.2. The van der Waals surface area contributed by atoms with Crippen LogP contribution in [0, 0.1) is 0 Å². The smallest absolute Gasteiger partial charge is 0.291 e. The van der Waals surface area contributed by atoms with Gasteiger partial charge in [0.1, 0.15) is 12.3 Å². The molecule has 1 heterocycles. The molecule has 0 aliphatic heterocycles. The monoisotopic (exact) mass is 420 g/mol. The van der Waals surface area contributed by atoms with Crippen molar-refractivity contribution < 1.29 is 23.1 Å². The molecule has 0 aliphatic carbocycles. The fraction of sp³-hybridized carbons (Fsp3) is 0.211. The number of fused-ring (bicyclic) bond motifs is 1. The minimum Gasteiger partial charge on any atom is -0.497 e. The molecule has 29 heavy (non-hydrogen) atoms. The standard InChI is InChI=1S/C19H18F2N4O3S/c1-11(26)22-13-8-7-12(28-2)9-15(13)23-17(27)10-25-16-6-4-3-5-14(16)24-19(25)29-18(20)21/h3-9,18H,10H2,1-2H3,(H,22,26)(H,23,27). The molecule has 152 valence electrons. The second-order valence-corrected chi connectivity index (χ2v) is 6.95. The summed E-state index contributed by atoms with van der Waals surface area (Å²) in [7, 11) is 1.48. The van der Waals surface area contributed by atoms with Gasteiger partial charge in [0.05, 0.1) is 29.5 Å². The summed E-state index contributed by atoms with van der Waals surface area (Å²) >= 11 is 0.278. The van der Waals surface area contributed by atoms with Gasteiger partial charge >= 0.3 is 0 Å². The fourth-order valence-corrected chi connectivity index (χ4v) is 3.36. The van der Waals surface area contributed by atoms with Crippen molar-refractivity contribution >= 4 is 46.0 Å². The molecule has 0 radical (unpaired) electrons. The number of nitrogens with zero attached hydrogens (tertiary/aromatic N) is 2. The summed E-state index contributed by atoms with van der Waals surface area (Å²) in [6.07, 6.45) is 0. The van der Waals surface area contributed by atoms with E-state index < -0.39 is 11.7 Å². The highest BCUT2D eigenvalue weighted by Gasteiger charge is 2.18. The third-order valence-corrected chi connectivity index (χ3v) is 4.63. The van der Waals surface area contributed by atoms with Crippen LogP contribution in [0.1, 0.15) is 6.92 Å². The Morgan fingerprint density at radius 2 is 1.93 bits per heavy atom. The van der Waals surface area contributed by atoms with Crippen molar-refractivity contribution in [2.45, 2.75) is 24.4 Å². The van der Waals surface area contributed by atoms with Crippen LogP contribution < -0.4 is 15.4 Å². The summed E-state index contributed by atoms with van der Waals surface area (Å²) < 4.78 is 32.4. The number of alkyl halides is 2. The molecule has 0 saturated carbocycles. The second-order valence-electron chi connectivity index (χ2n) is 5.99. The molecule has 2 amide bonds. The van der Waals surface area contributed by atoms with E-state index in [-0.39, 0.29) is 29.4 Å². The Kier molecular flexibility index (Phi) is 6.32. The van der Waals surface area contributed by atoms with E-state index in [2.05, 4.69) is 15.6 Å². The van der Waals surface area contributed by atoms with Gasteiger partial charge in [0.15, 0.2) is 5.16 Å². The third kappa shape index (κ3) is 5.02. The lowest BCUT2D eigenvalue weighted by molar-refractivity contribution is -0.117. The quantitative estimate of drug-likeness (QED) is 0.565. The molecule has 0 bridgehead atoms. The van der Waals surface area contributed by atoms with Crippen molar-refractivity contribution in [2.75, 3.05) is 17.7 Å². The number of rotatable bonds is 7. The van der Waals surface area contributed by atoms with Crippen LogP contribution in [0.15, 0.2) is 47.6 Å². The number of thioether (sulfide) groups is 1. The van der Waals surface area contributed by atoms with E-state index in [0.29, 0.717) is 28.2 Å². The summed E-state index contributed by atoms with van der Waals surface area (Å²) in [5.74, 6) is -2.96. The Bertz CT molecular complexity index is 1060. The van der Waals surface area contributed by atoms with E-state index in [1.54, 1.807) is 42.5 Å². The molecule has 0 atom stereocenters. The van der Waals surface area contributed by atoms with E-state index in [4.69, 9.17) is 4.74 Å². The third-order valence-electron chi connectivity index (χ3n) is 3.93. The first kappa shape index (κ1) is 20.6. The number of para-hydroxylation sites is 2. The van der Waals surface area contributed by atoms with E-state index in [1.165, 1.54) is 18.6 Å². The lowest BCUT2D eigenvalue weighted by Crippen LogP contribution is -2.20. The molecule has 7 nitrogen and oxygen atoms in total. The van der Waals surface area contributed by atoms with Gasteiger partial charge in [0, 0.05) is 13.0 Å². The fourth-order valence-electron chi connectivity index (χ4n) is 2.76. The summed E-state index contributed by atoms with van der Waals surface area (Å²) in [6, 6.07) is 11.7. The molecule has 0 spiro atoms. The number of imidazole rings is 1. The Morgan fingerprint density at radius 1 is 1.17 bits per heavy atom. The van der Waals surface area contributed by atoms with Crippen molar-refractivity contribution in [3.63, 3.8) is 0 Å². The average molecular weight is 420 g/mol. The first-order valence-electron chi connectivity index (χ1n) is 8.53. The predicted octanol–water partition coefficient (Wildman–Crippen LogP) is 3.96. The van der Waals surface area contributed by atoms with Crippen LogP contribution >= 0.6 is 11.8 Å². The number of methoxy groups -OCH3 is 1. The Balaban J connectivity index is 1.89. The zero-order chi connectivity index (χ0) is 21.0. The number of halogens is 2. The SMILES string of the molecule is COc1ccc(NC(C)=O)c(NC(=O)Cn2c(SC(F)F)nc3ccccc32)c1. The lowest BCUT2D eigenvalue weighted by Gasteiger charge is -2.14. The van der Waals surface area contributed by atoms with Crippen LogP contribution in [0.4, 0.5) is 20.2 Å². The molecule has 0 fully saturated rings. The number of benzene rings is 2. The molecule has 0 aliphatic rings. The van der Waals surface area contributed by atoms with Gasteiger partial charge in [0.25, 0.3) is 5.76 Å². The van der Waals surface area contributed by atoms with Gasteiger partial charge in [-0.15, -0.1) is 0 Å². The maximum atomic E-state index is 12.9. The molecule has 10 heteroatoms. The number of hydrogen-bond acceptors (Lipinski definition) is 5. The minimum atomic E-state index is -2.67. The number of hydrogen-bond donors (Lipinski definition) is 2. The predicted molar refractivity (Wildman–Crippen MR) is 108 cm³/mol. The molecule has 2 aromatic carbocycles. The minimum absolute atomic E-state index is 0.0454. The summed E-state index contributed by atoms with van der Waals surface area (Å²) in [4.78, 5) is 28.3. The van der Waals surface area contributed by atoms with Gasteiger partial charge in [-0.05, 0) is 36.0 Å². The van der Waals surface area contributed by atoms with E-state index in [1.807, 2.05) is 0 Å². The van der Waals surface area contributed by atoms with Crippen molar-refractivity contribution in [3.8, 4) is 5.75 Å². The molecule has 1 aromatic heterocycles. The van der Waals surface area contributed by atoms with Crippen molar-refractivity contribution in [3.05, 3.63) is 42.5 Å². The van der Waals surface area contributed by atoms with E-state index in [9.17, 15) is 18.4 Å². The lowest BCUT2D eigenvalue weighted by atomic mass is 10.2. The highest BCUT2D eigenvalue weighted by molar-refractivity contribution is 7.99. The van der Waals surface area contributed by atoms with Crippen LogP contribution in [0.5, 0.6) is 5.75 Å². The van der Waals surface area contributed by atoms with Crippen LogP contribution in [-0.2, 0) is 16.1 Å². The van der Waals surface area contributed by atoms with Gasteiger partial charge in [-0.1, -0.05) is 12.1 Å². The Labute approximate surface area is 169 Å². The van der Waals surface area contributed by atoms with Crippen LogP contribution in [0.3, 0.4) is 0 Å². The summed E-state index contributed by atoms with van der Waals surface area (Å²) in [5.41, 5.74) is 1.81. The Hall–Kier alpha value is -3.14. The van der Waals surface area contributed by atoms with Gasteiger partial charge in [0.2, 0.25) is 11.8 Å². The number of amides is 2. The Morgan fingerprint density at radius 3 is 2.62 bits per heavy atom. The highest BCUT2D eigenvalue weighted by Crippen LogP contribution is 2.30. The topological polar surface area (TPSA) is 85.3 Å². The zero-order valence-corrected chi connectivity index (χ0v) is 16.4. The zero-order valence-electron chi connectivity index (χ0n) is 15.6. The van der Waals surface area contributed by atoms with Crippen LogP contribution in [0.25, 0.3) is 11.0 Å². The van der Waals surface area contributed by atoms with Crippen LogP contribution in [-0.4, -0.2) is 34.2 Å². The molecular formula is C19H18F2N4O3S. The summed E-state index contributed by atoms with van der Waals surface area (Å²) in [6.45, 7) is 1.12. The number of nitrogens with one attached hydrogen (secondary N) is 2. The van der Waals surface area contributed by atoms with Gasteiger partial charge in [-0.2, -0.15) is 8.78 Å². The first-order valence-corrected chi connectivity index (χ1v) is 9.41. The second kappa shape index (κ2) is 8.91. The molecule has 3 rings (SSSR count). The normalized spacial score (nSPS) is 10.9. The van der Waals surface area contributed by atoms with Crippen molar-refractivity contribution in [1.29, 1.82) is 0 Å². The van der Waals surface area contributed by atoms with E-state index >= 15 is 0 Å². The maximum Gasteiger partial charge on any atom is 0.291 e. The molecular weight excluding hydrogens is 402 g/mol. The van der Waals surface area contributed by atoms with E-state index in [0.717, 1.165) is 0 Å². The molecule has 0 saturated heterocycles. The average Bonchev–Trinajstić information content (AvgIpc) is 2.99. The number of carbonyl (C=O) groups is 2. The van der Waals surface area contributed by atoms with Gasteiger partial charge < -0.3 is 19.9 Å². The van der Waals surface area contributed by atoms with Crippen molar-refractivity contribution in [2.24, 2.45) is 0 Å². The van der Waals surface area contributed by atoms with Gasteiger partial charge in [-0.3, -0.25) is 9.59 Å². The molecule has 0 unspecified atom stereocenters. The number of ether oxygens (including phenoxy) is 1. The first-order chi connectivity index (χ1) is 13.9. The largest absolute Gasteiger partial charge is 0.497 e. The summed E-state index contributed by atoms with van der Waals surface area (Å²) in [5, 5.41) is 5.36. The molecule has 3 aromatic rings. The number of aromatic nitrogens is 2. The van der Waals surface area contributed by atoms with Gasteiger partial charge in [-0.25, -0.2) is 4.98 Å².